The number of benzene rings is 2. The highest BCUT2D eigenvalue weighted by Gasteiger charge is 2.21. The Morgan fingerprint density at radius 3 is 2.31 bits per heavy atom. The minimum atomic E-state index is -3.89. The second-order valence-electron chi connectivity index (χ2n) is 5.65. The number of furan rings is 1. The molecule has 0 amide bonds. The van der Waals surface area contributed by atoms with Crippen molar-refractivity contribution < 1.29 is 12.8 Å². The van der Waals surface area contributed by atoms with Crippen LogP contribution in [0.5, 0.6) is 0 Å². The summed E-state index contributed by atoms with van der Waals surface area (Å²) in [6, 6.07) is 19.0. The van der Waals surface area contributed by atoms with Crippen LogP contribution in [0.4, 0.5) is 0 Å². The Balaban J connectivity index is 1.96. The van der Waals surface area contributed by atoms with Crippen molar-refractivity contribution in [1.29, 1.82) is 5.26 Å². The maximum absolute atomic E-state index is 12.7. The molecule has 0 saturated carbocycles. The zero-order valence-electron chi connectivity index (χ0n) is 13.8. The third-order valence-electron chi connectivity index (χ3n) is 3.76. The zero-order chi connectivity index (χ0) is 18.7. The fourth-order valence-corrected chi connectivity index (χ4v) is 3.75. The molecule has 0 spiro atoms. The molecule has 3 aromatic rings. The van der Waals surface area contributed by atoms with Crippen LogP contribution in [-0.4, -0.2) is 8.42 Å². The highest BCUT2D eigenvalue weighted by Crippen LogP contribution is 2.27. The normalized spacial score (nSPS) is 12.0. The summed E-state index contributed by atoms with van der Waals surface area (Å²) in [6.45, 7) is 1.87. The number of hydrogen-bond acceptors (Lipinski definition) is 4. The smallest absolute Gasteiger partial charge is 0.216 e. The Morgan fingerprint density at radius 1 is 1.04 bits per heavy atom. The number of hydrogen-bond donors (Lipinski definition) is 0. The Hall–Kier alpha value is -2.62. The molecule has 4 nitrogen and oxygen atoms in total. The van der Waals surface area contributed by atoms with Crippen molar-refractivity contribution in [2.45, 2.75) is 11.8 Å². The molecule has 0 unspecified atom stereocenters. The Kier molecular flexibility index (Phi) is 5.12. The fourth-order valence-electron chi connectivity index (χ4n) is 2.34. The average Bonchev–Trinajstić information content (AvgIpc) is 3.09. The van der Waals surface area contributed by atoms with Gasteiger partial charge in [-0.15, -0.1) is 0 Å². The lowest BCUT2D eigenvalue weighted by molar-refractivity contribution is 0.571. The summed E-state index contributed by atoms with van der Waals surface area (Å²) in [5.74, 6) is 0.893. The first-order valence-electron chi connectivity index (χ1n) is 7.69. The van der Waals surface area contributed by atoms with Gasteiger partial charge in [0.1, 0.15) is 17.6 Å². The van der Waals surface area contributed by atoms with E-state index in [9.17, 15) is 13.7 Å². The molecule has 0 saturated heterocycles. The molecule has 0 aliphatic rings. The van der Waals surface area contributed by atoms with Gasteiger partial charge in [0, 0.05) is 16.1 Å². The Morgan fingerprint density at radius 2 is 1.69 bits per heavy atom. The van der Waals surface area contributed by atoms with Gasteiger partial charge in [0.05, 0.1) is 4.90 Å². The highest BCUT2D eigenvalue weighted by molar-refractivity contribution is 9.10. The van der Waals surface area contributed by atoms with Gasteiger partial charge in [-0.3, -0.25) is 0 Å². The van der Waals surface area contributed by atoms with Gasteiger partial charge in [-0.1, -0.05) is 45.8 Å². The van der Waals surface area contributed by atoms with E-state index in [0.29, 0.717) is 11.5 Å². The molecule has 0 aliphatic heterocycles. The number of nitriles is 1. The number of rotatable bonds is 4. The van der Waals surface area contributed by atoms with Crippen molar-refractivity contribution in [3.63, 3.8) is 0 Å². The molecule has 0 aliphatic carbocycles. The van der Waals surface area contributed by atoms with Crippen molar-refractivity contribution in [1.82, 2.24) is 0 Å². The monoisotopic (exact) mass is 427 g/mol. The van der Waals surface area contributed by atoms with Gasteiger partial charge in [-0.25, -0.2) is 8.42 Å². The summed E-state index contributed by atoms with van der Waals surface area (Å²) in [7, 11) is -3.89. The van der Waals surface area contributed by atoms with Gasteiger partial charge in [0.15, 0.2) is 4.91 Å². The van der Waals surface area contributed by atoms with Crippen LogP contribution in [-0.2, 0) is 9.84 Å². The van der Waals surface area contributed by atoms with E-state index in [2.05, 4.69) is 15.9 Å². The first-order valence-corrected chi connectivity index (χ1v) is 9.97. The van der Waals surface area contributed by atoms with E-state index in [0.717, 1.165) is 15.6 Å². The Labute approximate surface area is 160 Å². The molecule has 3 rings (SSSR count). The van der Waals surface area contributed by atoms with Gasteiger partial charge >= 0.3 is 0 Å². The fraction of sp³-hybridized carbons (Fsp3) is 0.0500. The quantitative estimate of drug-likeness (QED) is 0.525. The summed E-state index contributed by atoms with van der Waals surface area (Å²) in [4.78, 5) is -0.284. The standard InChI is InChI=1S/C20H14BrNO3S/c1-14-2-9-18(10-3-14)26(23,24)19(13-22)12-17-8-11-20(25-17)15-4-6-16(21)7-5-15/h2-12H,1H3/b19-12+. The largest absolute Gasteiger partial charge is 0.457 e. The molecule has 130 valence electrons. The minimum Gasteiger partial charge on any atom is -0.457 e. The zero-order valence-corrected chi connectivity index (χ0v) is 16.2. The van der Waals surface area contributed by atoms with E-state index in [-0.39, 0.29) is 9.80 Å². The maximum Gasteiger partial charge on any atom is 0.216 e. The molecule has 1 heterocycles. The number of sulfone groups is 1. The molecule has 6 heteroatoms. The van der Waals surface area contributed by atoms with Crippen molar-refractivity contribution in [2.24, 2.45) is 0 Å². The number of nitrogens with zero attached hydrogens (tertiary/aromatic N) is 1. The van der Waals surface area contributed by atoms with Crippen LogP contribution >= 0.6 is 15.9 Å². The lowest BCUT2D eigenvalue weighted by Crippen LogP contribution is -2.03. The van der Waals surface area contributed by atoms with Gasteiger partial charge < -0.3 is 4.42 Å². The summed E-state index contributed by atoms with van der Waals surface area (Å²) >= 11 is 3.37. The van der Waals surface area contributed by atoms with Crippen LogP contribution in [0.3, 0.4) is 0 Å². The summed E-state index contributed by atoms with van der Waals surface area (Å²) in [5.41, 5.74) is 1.80. The first kappa shape index (κ1) is 18.2. The van der Waals surface area contributed by atoms with E-state index >= 15 is 0 Å². The predicted molar refractivity (Wildman–Crippen MR) is 104 cm³/mol. The molecule has 0 bridgehead atoms. The lowest BCUT2D eigenvalue weighted by atomic mass is 10.2. The third-order valence-corrected chi connectivity index (χ3v) is 5.97. The molecule has 0 N–H and O–H groups in total. The van der Waals surface area contributed by atoms with Crippen LogP contribution in [0, 0.1) is 18.3 Å². The van der Waals surface area contributed by atoms with Crippen LogP contribution in [0.1, 0.15) is 11.3 Å². The van der Waals surface area contributed by atoms with E-state index in [4.69, 9.17) is 4.42 Å². The Bertz CT molecular complexity index is 1100. The van der Waals surface area contributed by atoms with Crippen LogP contribution in [0.25, 0.3) is 17.4 Å². The summed E-state index contributed by atoms with van der Waals surface area (Å²) in [5, 5.41) is 9.35. The molecule has 26 heavy (non-hydrogen) atoms. The maximum atomic E-state index is 12.7. The van der Waals surface area contributed by atoms with E-state index in [1.54, 1.807) is 30.3 Å². The number of halogens is 1. The van der Waals surface area contributed by atoms with Crippen LogP contribution in [0.15, 0.2) is 79.4 Å². The van der Waals surface area contributed by atoms with Crippen LogP contribution in [0.2, 0.25) is 0 Å². The highest BCUT2D eigenvalue weighted by atomic mass is 79.9. The second-order valence-corrected chi connectivity index (χ2v) is 8.48. The second kappa shape index (κ2) is 7.32. The molecule has 1 aromatic heterocycles. The van der Waals surface area contributed by atoms with Gasteiger partial charge in [0.2, 0.25) is 9.84 Å². The summed E-state index contributed by atoms with van der Waals surface area (Å²) < 4.78 is 31.9. The van der Waals surface area contributed by atoms with Crippen molar-refractivity contribution in [3.05, 3.63) is 81.4 Å². The van der Waals surface area contributed by atoms with E-state index in [1.165, 1.54) is 18.2 Å². The minimum absolute atomic E-state index is 0.0792. The molecular formula is C20H14BrNO3S. The topological polar surface area (TPSA) is 71.1 Å². The average molecular weight is 428 g/mol. The molecule has 0 atom stereocenters. The first-order chi connectivity index (χ1) is 12.4. The third kappa shape index (κ3) is 3.79. The van der Waals surface area contributed by atoms with Gasteiger partial charge in [-0.05, 0) is 43.3 Å². The number of allylic oxidation sites excluding steroid dienone is 1. The number of aryl methyl sites for hydroxylation is 1. The van der Waals surface area contributed by atoms with Crippen molar-refractivity contribution in [2.75, 3.05) is 0 Å². The summed E-state index contributed by atoms with van der Waals surface area (Å²) in [6.07, 6.45) is 1.25. The molecule has 0 fully saturated rings. The predicted octanol–water partition coefficient (Wildman–Crippen LogP) is 5.36. The van der Waals surface area contributed by atoms with Crippen molar-refractivity contribution >= 4 is 31.8 Å². The van der Waals surface area contributed by atoms with E-state index < -0.39 is 9.84 Å². The SMILES string of the molecule is Cc1ccc(S(=O)(=O)/C(C#N)=C/c2ccc(-c3ccc(Br)cc3)o2)cc1. The molecule has 0 radical (unpaired) electrons. The van der Waals surface area contributed by atoms with Crippen LogP contribution < -0.4 is 0 Å². The van der Waals surface area contributed by atoms with Crippen molar-refractivity contribution in [3.8, 4) is 17.4 Å². The van der Waals surface area contributed by atoms with E-state index in [1.807, 2.05) is 31.2 Å². The molecular weight excluding hydrogens is 414 g/mol. The lowest BCUT2D eigenvalue weighted by Gasteiger charge is -2.03. The van der Waals surface area contributed by atoms with Gasteiger partial charge in [0.25, 0.3) is 0 Å². The van der Waals surface area contributed by atoms with Gasteiger partial charge in [-0.2, -0.15) is 5.26 Å². The molecule has 2 aromatic carbocycles.